The first kappa shape index (κ1) is 20.2. The molecule has 6 nitrogen and oxygen atoms in total. The summed E-state index contributed by atoms with van der Waals surface area (Å²) >= 11 is 2.86. The van der Waals surface area contributed by atoms with Gasteiger partial charge in [-0.1, -0.05) is 53.4 Å². The van der Waals surface area contributed by atoms with Crippen LogP contribution < -0.4 is 15.5 Å². The van der Waals surface area contributed by atoms with Crippen LogP contribution in [0.1, 0.15) is 12.5 Å². The molecular formula is C20H23N5OS2. The molecule has 1 atom stereocenters. The molecule has 1 amide bonds. The molecule has 0 saturated heterocycles. The highest BCUT2D eigenvalue weighted by atomic mass is 32.2. The third-order valence-corrected chi connectivity index (χ3v) is 6.06. The molecule has 1 aromatic heterocycles. The molecule has 2 N–H and O–H groups in total. The summed E-state index contributed by atoms with van der Waals surface area (Å²) < 4.78 is 0.765. The second-order valence-corrected chi connectivity index (χ2v) is 8.97. The molecule has 0 aliphatic rings. The zero-order valence-corrected chi connectivity index (χ0v) is 17.7. The van der Waals surface area contributed by atoms with Crippen molar-refractivity contribution in [3.63, 3.8) is 0 Å². The van der Waals surface area contributed by atoms with E-state index in [0.29, 0.717) is 6.54 Å². The number of thioether (sulfide) groups is 1. The normalized spacial score (nSPS) is 11.7. The van der Waals surface area contributed by atoms with Crippen LogP contribution in [-0.4, -0.2) is 35.4 Å². The number of nitrogens with zero attached hydrogens (tertiary/aromatic N) is 3. The predicted octanol–water partition coefficient (Wildman–Crippen LogP) is 4.34. The van der Waals surface area contributed by atoms with Gasteiger partial charge in [-0.2, -0.15) is 0 Å². The van der Waals surface area contributed by atoms with Gasteiger partial charge in [0.1, 0.15) is 0 Å². The SMILES string of the molecule is C[C@@H](Sc1nnc(NCc2ccccc2)s1)C(=O)Nc1ccc(N(C)C)cc1. The minimum atomic E-state index is -0.275. The van der Waals surface area contributed by atoms with Crippen molar-refractivity contribution in [1.29, 1.82) is 0 Å². The largest absolute Gasteiger partial charge is 0.378 e. The molecule has 28 heavy (non-hydrogen) atoms. The fraction of sp³-hybridized carbons (Fsp3) is 0.250. The summed E-state index contributed by atoms with van der Waals surface area (Å²) in [6.45, 7) is 2.56. The summed E-state index contributed by atoms with van der Waals surface area (Å²) in [5, 5.41) is 15.0. The second-order valence-electron chi connectivity index (χ2n) is 6.40. The predicted molar refractivity (Wildman–Crippen MR) is 118 cm³/mol. The maximum absolute atomic E-state index is 12.5. The highest BCUT2D eigenvalue weighted by Crippen LogP contribution is 2.29. The van der Waals surface area contributed by atoms with Crippen LogP contribution in [0.5, 0.6) is 0 Å². The molecular weight excluding hydrogens is 390 g/mol. The van der Waals surface area contributed by atoms with Crippen LogP contribution in [0, 0.1) is 0 Å². The first-order valence-electron chi connectivity index (χ1n) is 8.87. The van der Waals surface area contributed by atoms with Crippen molar-refractivity contribution in [2.24, 2.45) is 0 Å². The Morgan fingerprint density at radius 3 is 2.50 bits per heavy atom. The molecule has 3 rings (SSSR count). The van der Waals surface area contributed by atoms with E-state index < -0.39 is 0 Å². The molecule has 0 unspecified atom stereocenters. The van der Waals surface area contributed by atoms with E-state index in [1.807, 2.05) is 68.4 Å². The Balaban J connectivity index is 1.50. The van der Waals surface area contributed by atoms with Crippen molar-refractivity contribution in [3.8, 4) is 0 Å². The van der Waals surface area contributed by atoms with Crippen molar-refractivity contribution in [2.75, 3.05) is 29.6 Å². The number of hydrogen-bond donors (Lipinski definition) is 2. The second kappa shape index (κ2) is 9.57. The Bertz CT molecular complexity index is 896. The van der Waals surface area contributed by atoms with Gasteiger partial charge in [0.2, 0.25) is 11.0 Å². The van der Waals surface area contributed by atoms with Crippen molar-refractivity contribution in [1.82, 2.24) is 10.2 Å². The average Bonchev–Trinajstić information content (AvgIpc) is 3.15. The van der Waals surface area contributed by atoms with Crippen LogP contribution in [0.15, 0.2) is 58.9 Å². The van der Waals surface area contributed by atoms with Crippen LogP contribution in [0.3, 0.4) is 0 Å². The molecule has 0 fully saturated rings. The number of amides is 1. The summed E-state index contributed by atoms with van der Waals surface area (Å²) in [4.78, 5) is 14.5. The maximum atomic E-state index is 12.5. The third-order valence-electron chi connectivity index (χ3n) is 3.99. The van der Waals surface area contributed by atoms with E-state index in [-0.39, 0.29) is 11.2 Å². The first-order chi connectivity index (χ1) is 13.5. The summed E-state index contributed by atoms with van der Waals surface area (Å²) in [6, 6.07) is 17.9. The quantitative estimate of drug-likeness (QED) is 0.536. The van der Waals surface area contributed by atoms with E-state index in [0.717, 1.165) is 20.8 Å². The van der Waals surface area contributed by atoms with Crippen LogP contribution in [0.2, 0.25) is 0 Å². The van der Waals surface area contributed by atoms with Crippen LogP contribution in [0.25, 0.3) is 0 Å². The Hall–Kier alpha value is -2.58. The van der Waals surface area contributed by atoms with Crippen molar-refractivity contribution < 1.29 is 4.79 Å². The molecule has 0 bridgehead atoms. The fourth-order valence-corrected chi connectivity index (χ4v) is 4.29. The minimum Gasteiger partial charge on any atom is -0.378 e. The van der Waals surface area contributed by atoms with Gasteiger partial charge in [0.25, 0.3) is 0 Å². The van der Waals surface area contributed by atoms with Crippen molar-refractivity contribution >= 4 is 45.5 Å². The fourth-order valence-electron chi connectivity index (χ4n) is 2.39. The number of nitrogens with one attached hydrogen (secondary N) is 2. The zero-order chi connectivity index (χ0) is 19.9. The van der Waals surface area contributed by atoms with Crippen LogP contribution in [0.4, 0.5) is 16.5 Å². The molecule has 1 heterocycles. The van der Waals surface area contributed by atoms with Gasteiger partial charge in [-0.05, 0) is 36.8 Å². The minimum absolute atomic E-state index is 0.0587. The summed E-state index contributed by atoms with van der Waals surface area (Å²) in [6.07, 6.45) is 0. The smallest absolute Gasteiger partial charge is 0.237 e. The lowest BCUT2D eigenvalue weighted by molar-refractivity contribution is -0.115. The number of hydrogen-bond acceptors (Lipinski definition) is 7. The van der Waals surface area contributed by atoms with E-state index in [4.69, 9.17) is 0 Å². The molecule has 0 spiro atoms. The molecule has 146 valence electrons. The number of rotatable bonds is 8. The van der Waals surface area contributed by atoms with Gasteiger partial charge < -0.3 is 15.5 Å². The highest BCUT2D eigenvalue weighted by Gasteiger charge is 2.17. The first-order valence-corrected chi connectivity index (χ1v) is 10.6. The Morgan fingerprint density at radius 1 is 1.11 bits per heavy atom. The van der Waals surface area contributed by atoms with Crippen molar-refractivity contribution in [3.05, 3.63) is 60.2 Å². The van der Waals surface area contributed by atoms with Gasteiger partial charge in [-0.25, -0.2) is 0 Å². The maximum Gasteiger partial charge on any atom is 0.237 e. The lowest BCUT2D eigenvalue weighted by Crippen LogP contribution is -2.22. The third kappa shape index (κ3) is 5.71. The molecule has 0 aliphatic carbocycles. The van der Waals surface area contributed by atoms with E-state index in [1.54, 1.807) is 0 Å². The van der Waals surface area contributed by atoms with Gasteiger partial charge in [-0.15, -0.1) is 10.2 Å². The molecule has 0 radical (unpaired) electrons. The number of benzene rings is 2. The van der Waals surface area contributed by atoms with Gasteiger partial charge in [0.05, 0.1) is 5.25 Å². The van der Waals surface area contributed by atoms with E-state index >= 15 is 0 Å². The van der Waals surface area contributed by atoms with Gasteiger partial charge >= 0.3 is 0 Å². The number of carbonyl (C=O) groups excluding carboxylic acids is 1. The lowest BCUT2D eigenvalue weighted by atomic mass is 10.2. The molecule has 0 aliphatic heterocycles. The van der Waals surface area contributed by atoms with Crippen LogP contribution >= 0.6 is 23.1 Å². The van der Waals surface area contributed by atoms with Crippen molar-refractivity contribution in [2.45, 2.75) is 23.1 Å². The number of carbonyl (C=O) groups is 1. The topological polar surface area (TPSA) is 70.1 Å². The lowest BCUT2D eigenvalue weighted by Gasteiger charge is -2.14. The summed E-state index contributed by atoms with van der Waals surface area (Å²) in [5.41, 5.74) is 3.05. The summed E-state index contributed by atoms with van der Waals surface area (Å²) in [5.74, 6) is -0.0587. The molecule has 8 heteroatoms. The van der Waals surface area contributed by atoms with E-state index in [2.05, 4.69) is 33.0 Å². The van der Waals surface area contributed by atoms with Gasteiger partial charge in [-0.3, -0.25) is 4.79 Å². The molecule has 2 aromatic carbocycles. The Labute approximate surface area is 173 Å². The standard InChI is InChI=1S/C20H23N5OS2/c1-14(18(26)22-16-9-11-17(12-10-16)25(2)3)27-20-24-23-19(28-20)21-13-15-7-5-4-6-8-15/h4-12,14H,13H2,1-3H3,(H,21,23)(H,22,26)/t14-/m1/s1. The average molecular weight is 414 g/mol. The molecule has 0 saturated carbocycles. The zero-order valence-electron chi connectivity index (χ0n) is 16.0. The number of anilines is 3. The Kier molecular flexibility index (Phi) is 6.89. The highest BCUT2D eigenvalue weighted by molar-refractivity contribution is 8.02. The monoisotopic (exact) mass is 413 g/mol. The van der Waals surface area contributed by atoms with E-state index in [9.17, 15) is 4.79 Å². The number of aromatic nitrogens is 2. The van der Waals surface area contributed by atoms with Gasteiger partial charge in [0, 0.05) is 32.0 Å². The summed E-state index contributed by atoms with van der Waals surface area (Å²) in [7, 11) is 3.97. The molecule has 3 aromatic rings. The van der Waals surface area contributed by atoms with Gasteiger partial charge in [0.15, 0.2) is 4.34 Å². The van der Waals surface area contributed by atoms with Crippen LogP contribution in [-0.2, 0) is 11.3 Å². The van der Waals surface area contributed by atoms with E-state index in [1.165, 1.54) is 28.7 Å². The Morgan fingerprint density at radius 2 is 1.82 bits per heavy atom.